The molecule has 7 nitrogen and oxygen atoms in total. The molecule has 2 fully saturated rings. The van der Waals surface area contributed by atoms with Crippen molar-refractivity contribution >= 4 is 11.5 Å². The minimum Gasteiger partial charge on any atom is -0.379 e. The first-order valence-corrected chi connectivity index (χ1v) is 9.79. The molecule has 0 aromatic carbocycles. The fraction of sp³-hybridized carbons (Fsp3) is 0.737. The number of hydrogen-bond acceptors (Lipinski definition) is 6. The monoisotopic (exact) mass is 358 g/mol. The predicted octanol–water partition coefficient (Wildman–Crippen LogP) is 1.97. The third kappa shape index (κ3) is 3.69. The second-order valence-electron chi connectivity index (χ2n) is 8.58. The molecule has 142 valence electrons. The molecule has 2 saturated heterocycles. The van der Waals surface area contributed by atoms with Crippen LogP contribution < -0.4 is 4.90 Å². The van der Waals surface area contributed by atoms with Gasteiger partial charge in [-0.15, -0.1) is 15.3 Å². The van der Waals surface area contributed by atoms with Crippen molar-refractivity contribution in [3.63, 3.8) is 0 Å². The number of anilines is 1. The number of rotatable bonds is 3. The lowest BCUT2D eigenvalue weighted by atomic mass is 9.96. The largest absolute Gasteiger partial charge is 0.379 e. The number of piperidine rings is 1. The maximum atomic E-state index is 5.46. The molecule has 0 saturated carbocycles. The summed E-state index contributed by atoms with van der Waals surface area (Å²) in [5, 5.41) is 13.5. The smallest absolute Gasteiger partial charge is 0.178 e. The number of nitrogens with zero attached hydrogens (tertiary/aromatic N) is 6. The van der Waals surface area contributed by atoms with Crippen molar-refractivity contribution in [1.29, 1.82) is 0 Å². The number of morpholine rings is 1. The molecular formula is C19H30N6O. The Labute approximate surface area is 155 Å². The van der Waals surface area contributed by atoms with Crippen molar-refractivity contribution in [3.05, 3.63) is 18.0 Å². The Bertz CT molecular complexity index is 738. The summed E-state index contributed by atoms with van der Waals surface area (Å²) in [6.45, 7) is 13.7. The summed E-state index contributed by atoms with van der Waals surface area (Å²) in [5.74, 6) is 2.73. The summed E-state index contributed by atoms with van der Waals surface area (Å²) in [5.41, 5.74) is 0.747. The van der Waals surface area contributed by atoms with Crippen molar-refractivity contribution in [1.82, 2.24) is 24.7 Å². The van der Waals surface area contributed by atoms with Crippen molar-refractivity contribution in [2.75, 3.05) is 50.8 Å². The molecule has 0 unspecified atom stereocenters. The van der Waals surface area contributed by atoms with Crippen LogP contribution in [0, 0.1) is 5.92 Å². The Morgan fingerprint density at radius 3 is 2.46 bits per heavy atom. The lowest BCUT2D eigenvalue weighted by molar-refractivity contribution is 0.0289. The second kappa shape index (κ2) is 7.12. The summed E-state index contributed by atoms with van der Waals surface area (Å²) in [7, 11) is 0. The lowest BCUT2D eigenvalue weighted by Gasteiger charge is -2.36. The summed E-state index contributed by atoms with van der Waals surface area (Å²) in [4.78, 5) is 4.96. The molecule has 2 aromatic heterocycles. The molecule has 0 amide bonds. The van der Waals surface area contributed by atoms with E-state index in [0.29, 0.717) is 0 Å². The molecule has 4 heterocycles. The van der Waals surface area contributed by atoms with Gasteiger partial charge in [0.15, 0.2) is 11.5 Å². The van der Waals surface area contributed by atoms with E-state index in [0.717, 1.165) is 62.6 Å². The van der Waals surface area contributed by atoms with Crippen molar-refractivity contribution in [2.45, 2.75) is 39.0 Å². The zero-order chi connectivity index (χ0) is 18.1. The van der Waals surface area contributed by atoms with Gasteiger partial charge in [0.25, 0.3) is 0 Å². The summed E-state index contributed by atoms with van der Waals surface area (Å²) < 4.78 is 7.37. The Hall–Kier alpha value is -1.73. The molecule has 0 spiro atoms. The molecule has 2 aromatic rings. The molecule has 0 aliphatic carbocycles. The average Bonchev–Trinajstić information content (AvgIpc) is 3.07. The highest BCUT2D eigenvalue weighted by Crippen LogP contribution is 2.25. The van der Waals surface area contributed by atoms with Gasteiger partial charge in [0.1, 0.15) is 5.82 Å². The van der Waals surface area contributed by atoms with Crippen LogP contribution in [0.5, 0.6) is 0 Å². The summed E-state index contributed by atoms with van der Waals surface area (Å²) >= 11 is 0. The van der Waals surface area contributed by atoms with E-state index >= 15 is 0 Å². The Morgan fingerprint density at radius 1 is 1.04 bits per heavy atom. The normalized spacial score (nSPS) is 20.8. The zero-order valence-electron chi connectivity index (χ0n) is 16.2. The molecule has 26 heavy (non-hydrogen) atoms. The first-order chi connectivity index (χ1) is 12.5. The number of ether oxygens (including phenoxy) is 1. The zero-order valence-corrected chi connectivity index (χ0v) is 16.2. The maximum Gasteiger partial charge on any atom is 0.178 e. The standard InChI is InChI=1S/C19H30N6O/c1-19(2,3)18-21-20-16-4-5-17(22-25(16)18)24-8-6-15(7-9-24)14-23-10-12-26-13-11-23/h4-5,15H,6-14H2,1-3H3. The van der Waals surface area contributed by atoms with E-state index in [1.165, 1.54) is 19.4 Å². The average molecular weight is 358 g/mol. The van der Waals surface area contributed by atoms with Gasteiger partial charge in [-0.1, -0.05) is 20.8 Å². The molecule has 2 aliphatic heterocycles. The first-order valence-electron chi connectivity index (χ1n) is 9.79. The van der Waals surface area contributed by atoms with Crippen LogP contribution in [0.3, 0.4) is 0 Å². The molecule has 2 aliphatic rings. The molecule has 0 N–H and O–H groups in total. The third-order valence-corrected chi connectivity index (χ3v) is 5.48. The van der Waals surface area contributed by atoms with Gasteiger partial charge < -0.3 is 9.64 Å². The molecular weight excluding hydrogens is 328 g/mol. The van der Waals surface area contributed by atoms with E-state index in [1.54, 1.807) is 0 Å². The van der Waals surface area contributed by atoms with Crippen LogP contribution >= 0.6 is 0 Å². The van der Waals surface area contributed by atoms with Gasteiger partial charge in [-0.2, -0.15) is 4.52 Å². The van der Waals surface area contributed by atoms with Crippen LogP contribution in [0.25, 0.3) is 5.65 Å². The highest BCUT2D eigenvalue weighted by Gasteiger charge is 2.25. The van der Waals surface area contributed by atoms with Crippen LogP contribution in [0.2, 0.25) is 0 Å². The van der Waals surface area contributed by atoms with Crippen LogP contribution in [0.4, 0.5) is 5.82 Å². The van der Waals surface area contributed by atoms with E-state index in [2.05, 4.69) is 46.8 Å². The summed E-state index contributed by atoms with van der Waals surface area (Å²) in [6, 6.07) is 4.11. The van der Waals surface area contributed by atoms with Gasteiger partial charge in [-0.05, 0) is 30.9 Å². The topological polar surface area (TPSA) is 58.8 Å². The van der Waals surface area contributed by atoms with E-state index < -0.39 is 0 Å². The van der Waals surface area contributed by atoms with Gasteiger partial charge in [0.05, 0.1) is 13.2 Å². The van der Waals surface area contributed by atoms with Crippen LogP contribution in [0.1, 0.15) is 39.4 Å². The van der Waals surface area contributed by atoms with Crippen molar-refractivity contribution in [2.24, 2.45) is 5.92 Å². The predicted molar refractivity (Wildman–Crippen MR) is 102 cm³/mol. The first kappa shape index (κ1) is 17.7. The lowest BCUT2D eigenvalue weighted by Crippen LogP contribution is -2.43. The van der Waals surface area contributed by atoms with E-state index in [-0.39, 0.29) is 5.41 Å². The molecule has 0 radical (unpaired) electrons. The van der Waals surface area contributed by atoms with E-state index in [9.17, 15) is 0 Å². The fourth-order valence-electron chi connectivity index (χ4n) is 3.91. The maximum absolute atomic E-state index is 5.46. The number of fused-ring (bicyclic) bond motifs is 1. The third-order valence-electron chi connectivity index (χ3n) is 5.48. The van der Waals surface area contributed by atoms with Gasteiger partial charge in [0, 0.05) is 38.1 Å². The van der Waals surface area contributed by atoms with Crippen LogP contribution in [0.15, 0.2) is 12.1 Å². The SMILES string of the molecule is CC(C)(C)c1nnc2ccc(N3CCC(CN4CCOCC4)CC3)nn12. The Kier molecular flexibility index (Phi) is 4.84. The molecule has 7 heteroatoms. The minimum absolute atomic E-state index is 0.0732. The van der Waals surface area contributed by atoms with Crippen LogP contribution in [-0.2, 0) is 10.2 Å². The van der Waals surface area contributed by atoms with Gasteiger partial charge >= 0.3 is 0 Å². The minimum atomic E-state index is -0.0732. The molecule has 4 rings (SSSR count). The van der Waals surface area contributed by atoms with Gasteiger partial charge in [-0.3, -0.25) is 4.90 Å². The summed E-state index contributed by atoms with van der Waals surface area (Å²) in [6.07, 6.45) is 2.46. The van der Waals surface area contributed by atoms with Crippen molar-refractivity contribution < 1.29 is 4.74 Å². The van der Waals surface area contributed by atoms with Gasteiger partial charge in [0.2, 0.25) is 0 Å². The number of aromatic nitrogens is 4. The van der Waals surface area contributed by atoms with E-state index in [4.69, 9.17) is 9.84 Å². The Balaban J connectivity index is 1.42. The highest BCUT2D eigenvalue weighted by atomic mass is 16.5. The second-order valence-corrected chi connectivity index (χ2v) is 8.58. The molecule has 0 atom stereocenters. The number of hydrogen-bond donors (Lipinski definition) is 0. The van der Waals surface area contributed by atoms with Crippen molar-refractivity contribution in [3.8, 4) is 0 Å². The quantitative estimate of drug-likeness (QED) is 0.836. The molecule has 0 bridgehead atoms. The van der Waals surface area contributed by atoms with E-state index in [1.807, 2.05) is 10.6 Å². The highest BCUT2D eigenvalue weighted by molar-refractivity contribution is 5.46. The van der Waals surface area contributed by atoms with Gasteiger partial charge in [-0.25, -0.2) is 0 Å². The van der Waals surface area contributed by atoms with Crippen LogP contribution in [-0.4, -0.2) is 70.6 Å². The Morgan fingerprint density at radius 2 is 1.77 bits per heavy atom. The fourth-order valence-corrected chi connectivity index (χ4v) is 3.91.